The Morgan fingerprint density at radius 1 is 1.17 bits per heavy atom. The monoisotopic (exact) mass is 324 g/mol. The fourth-order valence-corrected chi connectivity index (χ4v) is 3.26. The van der Waals surface area contributed by atoms with Crippen LogP contribution in [0.25, 0.3) is 0 Å². The van der Waals surface area contributed by atoms with Gasteiger partial charge in [-0.1, -0.05) is 28.1 Å². The summed E-state index contributed by atoms with van der Waals surface area (Å²) < 4.78 is 5.49. The lowest BCUT2D eigenvalue weighted by Crippen LogP contribution is -2.01. The Labute approximate surface area is 121 Å². The Kier molecular flexibility index (Phi) is 5.26. The first-order valence-electron chi connectivity index (χ1n) is 6.07. The highest BCUT2D eigenvalue weighted by molar-refractivity contribution is 9.09. The zero-order chi connectivity index (χ0) is 12.8. The van der Waals surface area contributed by atoms with Gasteiger partial charge in [-0.25, -0.2) is 0 Å². The predicted molar refractivity (Wildman–Crippen MR) is 82.2 cm³/mol. The van der Waals surface area contributed by atoms with Crippen molar-refractivity contribution in [2.24, 2.45) is 0 Å². The van der Waals surface area contributed by atoms with Crippen molar-refractivity contribution >= 4 is 27.3 Å². The van der Waals surface area contributed by atoms with Crippen LogP contribution in [0.1, 0.15) is 16.7 Å². The van der Waals surface area contributed by atoms with E-state index in [1.165, 1.54) is 16.7 Å². The Hall–Kier alpha value is -0.800. The second kappa shape index (κ2) is 6.95. The molecule has 1 aromatic carbocycles. The average Bonchev–Trinajstić information content (AvgIpc) is 2.90. The minimum absolute atomic E-state index is 0.992. The van der Waals surface area contributed by atoms with Gasteiger partial charge in [0.1, 0.15) is 5.75 Å². The van der Waals surface area contributed by atoms with E-state index in [1.54, 1.807) is 18.4 Å². The predicted octanol–water partition coefficient (Wildman–Crippen LogP) is 4.48. The molecule has 0 radical (unpaired) electrons. The van der Waals surface area contributed by atoms with E-state index in [-0.39, 0.29) is 0 Å². The highest BCUT2D eigenvalue weighted by Gasteiger charge is 2.09. The lowest BCUT2D eigenvalue weighted by atomic mass is 9.98. The maximum absolute atomic E-state index is 5.49. The largest absolute Gasteiger partial charge is 0.496 e. The Bertz CT molecular complexity index is 479. The molecule has 0 unspecified atom stereocenters. The first-order chi connectivity index (χ1) is 8.85. The quantitative estimate of drug-likeness (QED) is 0.712. The lowest BCUT2D eigenvalue weighted by Gasteiger charge is -2.13. The Morgan fingerprint density at radius 2 is 2.06 bits per heavy atom. The molecule has 0 amide bonds. The summed E-state index contributed by atoms with van der Waals surface area (Å²) in [7, 11) is 1.75. The molecule has 1 nitrogen and oxygen atoms in total. The van der Waals surface area contributed by atoms with E-state index in [0.29, 0.717) is 0 Å². The zero-order valence-electron chi connectivity index (χ0n) is 10.5. The van der Waals surface area contributed by atoms with Gasteiger partial charge in [-0.3, -0.25) is 0 Å². The highest BCUT2D eigenvalue weighted by Crippen LogP contribution is 2.25. The van der Waals surface area contributed by atoms with Gasteiger partial charge in [0, 0.05) is 5.33 Å². The summed E-state index contributed by atoms with van der Waals surface area (Å²) in [6.45, 7) is 0. The average molecular weight is 325 g/mol. The van der Waals surface area contributed by atoms with Gasteiger partial charge >= 0.3 is 0 Å². The van der Waals surface area contributed by atoms with Crippen LogP contribution >= 0.6 is 27.3 Å². The molecular formula is C15H17BrOS. The normalized spacial score (nSPS) is 10.6. The van der Waals surface area contributed by atoms with Crippen molar-refractivity contribution in [1.82, 2.24) is 0 Å². The van der Waals surface area contributed by atoms with Crippen LogP contribution in [0.15, 0.2) is 35.0 Å². The second-order valence-electron chi connectivity index (χ2n) is 4.17. The van der Waals surface area contributed by atoms with Gasteiger partial charge in [-0.15, -0.1) is 0 Å². The van der Waals surface area contributed by atoms with Crippen molar-refractivity contribution in [3.05, 3.63) is 51.7 Å². The molecule has 0 saturated heterocycles. The van der Waals surface area contributed by atoms with E-state index in [9.17, 15) is 0 Å². The van der Waals surface area contributed by atoms with Crippen LogP contribution in [0.4, 0.5) is 0 Å². The van der Waals surface area contributed by atoms with Crippen molar-refractivity contribution in [2.45, 2.75) is 19.3 Å². The molecule has 0 N–H and O–H groups in total. The van der Waals surface area contributed by atoms with E-state index in [1.807, 2.05) is 0 Å². The molecule has 3 heteroatoms. The number of alkyl halides is 1. The third-order valence-corrected chi connectivity index (χ3v) is 4.19. The van der Waals surface area contributed by atoms with Crippen molar-refractivity contribution in [3.63, 3.8) is 0 Å². The maximum atomic E-state index is 5.49. The topological polar surface area (TPSA) is 9.23 Å². The number of hydrogen-bond donors (Lipinski definition) is 0. The number of hydrogen-bond acceptors (Lipinski definition) is 2. The molecule has 0 saturated carbocycles. The molecule has 0 fully saturated rings. The number of thiophene rings is 1. The first-order valence-corrected chi connectivity index (χ1v) is 8.13. The zero-order valence-corrected chi connectivity index (χ0v) is 12.9. The van der Waals surface area contributed by atoms with Crippen LogP contribution in [-0.2, 0) is 19.3 Å². The minimum atomic E-state index is 0.992. The van der Waals surface area contributed by atoms with Crippen molar-refractivity contribution in [1.29, 1.82) is 0 Å². The van der Waals surface area contributed by atoms with E-state index < -0.39 is 0 Å². The lowest BCUT2D eigenvalue weighted by molar-refractivity contribution is 0.409. The van der Waals surface area contributed by atoms with Gasteiger partial charge in [0.25, 0.3) is 0 Å². The molecule has 0 bridgehead atoms. The molecule has 1 heterocycles. The summed E-state index contributed by atoms with van der Waals surface area (Å²) in [5.74, 6) is 1.02. The van der Waals surface area contributed by atoms with E-state index in [4.69, 9.17) is 4.74 Å². The number of halogens is 1. The van der Waals surface area contributed by atoms with Crippen LogP contribution in [0.2, 0.25) is 0 Å². The van der Waals surface area contributed by atoms with Crippen molar-refractivity contribution in [2.75, 3.05) is 12.4 Å². The summed E-state index contributed by atoms with van der Waals surface area (Å²) >= 11 is 5.28. The van der Waals surface area contributed by atoms with Crippen LogP contribution in [-0.4, -0.2) is 12.4 Å². The molecule has 1 aromatic heterocycles. The summed E-state index contributed by atoms with van der Waals surface area (Å²) in [6, 6.07) is 8.53. The maximum Gasteiger partial charge on any atom is 0.122 e. The van der Waals surface area contributed by atoms with Crippen LogP contribution in [0.5, 0.6) is 5.75 Å². The molecule has 2 aromatic rings. The molecule has 18 heavy (non-hydrogen) atoms. The van der Waals surface area contributed by atoms with Gasteiger partial charge in [0.2, 0.25) is 0 Å². The van der Waals surface area contributed by atoms with Crippen molar-refractivity contribution in [3.8, 4) is 5.75 Å². The first kappa shape index (κ1) is 13.6. The highest BCUT2D eigenvalue weighted by atomic mass is 79.9. The number of ether oxygens (including phenoxy) is 1. The van der Waals surface area contributed by atoms with Crippen LogP contribution < -0.4 is 4.74 Å². The number of aryl methyl sites for hydroxylation is 2. The van der Waals surface area contributed by atoms with E-state index >= 15 is 0 Å². The fourth-order valence-electron chi connectivity index (χ4n) is 2.13. The second-order valence-corrected chi connectivity index (χ2v) is 5.74. The van der Waals surface area contributed by atoms with Gasteiger partial charge in [0.05, 0.1) is 7.11 Å². The molecule has 0 spiro atoms. The van der Waals surface area contributed by atoms with Crippen LogP contribution in [0, 0.1) is 0 Å². The Morgan fingerprint density at radius 3 is 2.72 bits per heavy atom. The van der Waals surface area contributed by atoms with Crippen LogP contribution in [0.3, 0.4) is 0 Å². The molecule has 0 atom stereocenters. The SMILES string of the molecule is COc1cccc(CCBr)c1CCc1ccsc1. The number of rotatable bonds is 6. The van der Waals surface area contributed by atoms with E-state index in [0.717, 1.165) is 30.3 Å². The number of methoxy groups -OCH3 is 1. The molecule has 2 rings (SSSR count). The van der Waals surface area contributed by atoms with Gasteiger partial charge in [0.15, 0.2) is 0 Å². The fraction of sp³-hybridized carbons (Fsp3) is 0.333. The minimum Gasteiger partial charge on any atom is -0.496 e. The molecule has 0 aliphatic heterocycles. The van der Waals surface area contributed by atoms with Gasteiger partial charge in [-0.05, 0) is 58.8 Å². The summed E-state index contributed by atoms with van der Waals surface area (Å²) in [5, 5.41) is 5.35. The summed E-state index contributed by atoms with van der Waals surface area (Å²) in [6.07, 6.45) is 3.18. The molecular weight excluding hydrogens is 308 g/mol. The third-order valence-electron chi connectivity index (χ3n) is 3.06. The van der Waals surface area contributed by atoms with Gasteiger partial charge < -0.3 is 4.74 Å². The standard InChI is InChI=1S/C15H17BrOS/c1-17-15-4-2-3-13(7-9-16)14(15)6-5-12-8-10-18-11-12/h2-4,8,10-11H,5-7,9H2,1H3. The summed E-state index contributed by atoms with van der Waals surface area (Å²) in [4.78, 5) is 0. The molecule has 0 aliphatic rings. The van der Waals surface area contributed by atoms with Crippen molar-refractivity contribution < 1.29 is 4.74 Å². The molecule has 0 aliphatic carbocycles. The third kappa shape index (κ3) is 3.36. The van der Waals surface area contributed by atoms with Gasteiger partial charge in [-0.2, -0.15) is 11.3 Å². The molecule has 96 valence electrons. The summed E-state index contributed by atoms with van der Waals surface area (Å²) in [5.41, 5.74) is 4.16. The smallest absolute Gasteiger partial charge is 0.122 e. The Balaban J connectivity index is 2.18. The van der Waals surface area contributed by atoms with E-state index in [2.05, 4.69) is 51.0 Å². The number of benzene rings is 1.